The van der Waals surface area contributed by atoms with Gasteiger partial charge in [0, 0.05) is 18.8 Å². The summed E-state index contributed by atoms with van der Waals surface area (Å²) in [6.07, 6.45) is 6.29. The molecule has 1 saturated heterocycles. The van der Waals surface area contributed by atoms with Gasteiger partial charge in [0.15, 0.2) is 0 Å². The van der Waals surface area contributed by atoms with Gasteiger partial charge in [0.1, 0.15) is 12.7 Å². The molecule has 1 aliphatic heterocycles. The van der Waals surface area contributed by atoms with Crippen LogP contribution < -0.4 is 10.6 Å². The lowest BCUT2D eigenvalue weighted by Crippen LogP contribution is -2.35. The SMILES string of the molecule is CCc1ccc(-n2cnnc2)cc1NC(=O)NC[C@@H]1CCCO1. The topological polar surface area (TPSA) is 81.1 Å². The standard InChI is InChI=1S/C16H21N5O2/c1-2-12-5-6-13(21-10-18-19-11-21)8-15(12)20-16(22)17-9-14-4-3-7-23-14/h5-6,8,10-11,14H,2-4,7,9H2,1H3,(H2,17,20,22)/t14-/m0/s1. The van der Waals surface area contributed by atoms with Crippen LogP contribution in [0.25, 0.3) is 5.69 Å². The highest BCUT2D eigenvalue weighted by atomic mass is 16.5. The highest BCUT2D eigenvalue weighted by Crippen LogP contribution is 2.21. The molecule has 0 bridgehead atoms. The summed E-state index contributed by atoms with van der Waals surface area (Å²) < 4.78 is 7.31. The number of anilines is 1. The molecular formula is C16H21N5O2. The van der Waals surface area contributed by atoms with Crippen LogP contribution in [0.3, 0.4) is 0 Å². The number of aryl methyl sites for hydroxylation is 1. The predicted octanol–water partition coefficient (Wildman–Crippen LogP) is 2.13. The summed E-state index contributed by atoms with van der Waals surface area (Å²) in [4.78, 5) is 12.1. The number of amides is 2. The second-order valence-electron chi connectivity index (χ2n) is 5.53. The average Bonchev–Trinajstić information content (AvgIpc) is 3.26. The molecule has 1 aromatic carbocycles. The van der Waals surface area contributed by atoms with Crippen LogP contribution >= 0.6 is 0 Å². The van der Waals surface area contributed by atoms with E-state index in [-0.39, 0.29) is 12.1 Å². The molecule has 2 heterocycles. The summed E-state index contributed by atoms with van der Waals surface area (Å²) in [5.41, 5.74) is 2.78. The Kier molecular flexibility index (Phi) is 4.87. The molecular weight excluding hydrogens is 294 g/mol. The first-order valence-corrected chi connectivity index (χ1v) is 7.90. The third-order valence-electron chi connectivity index (χ3n) is 3.95. The van der Waals surface area contributed by atoms with Gasteiger partial charge in [-0.25, -0.2) is 4.79 Å². The fourth-order valence-corrected chi connectivity index (χ4v) is 2.66. The Morgan fingerprint density at radius 2 is 2.22 bits per heavy atom. The lowest BCUT2D eigenvalue weighted by Gasteiger charge is -2.14. The molecule has 0 spiro atoms. The van der Waals surface area contributed by atoms with E-state index in [2.05, 4.69) is 27.8 Å². The van der Waals surface area contributed by atoms with Gasteiger partial charge in [0.2, 0.25) is 0 Å². The lowest BCUT2D eigenvalue weighted by atomic mass is 10.1. The number of ether oxygens (including phenoxy) is 1. The molecule has 1 aliphatic rings. The first kappa shape index (κ1) is 15.5. The molecule has 1 aromatic heterocycles. The number of hydrogen-bond acceptors (Lipinski definition) is 4. The van der Waals surface area contributed by atoms with Gasteiger partial charge in [0.25, 0.3) is 0 Å². The third kappa shape index (κ3) is 3.87. The molecule has 1 atom stereocenters. The van der Waals surface area contributed by atoms with E-state index in [1.54, 1.807) is 17.2 Å². The number of benzene rings is 1. The molecule has 0 saturated carbocycles. The van der Waals surface area contributed by atoms with Gasteiger partial charge in [-0.15, -0.1) is 10.2 Å². The fourth-order valence-electron chi connectivity index (χ4n) is 2.66. The van der Waals surface area contributed by atoms with Gasteiger partial charge >= 0.3 is 6.03 Å². The van der Waals surface area contributed by atoms with Gasteiger partial charge in [-0.3, -0.25) is 4.57 Å². The van der Waals surface area contributed by atoms with Gasteiger partial charge in [0.05, 0.1) is 11.8 Å². The number of rotatable bonds is 5. The van der Waals surface area contributed by atoms with Crippen LogP contribution in [0.2, 0.25) is 0 Å². The zero-order valence-corrected chi connectivity index (χ0v) is 13.2. The van der Waals surface area contributed by atoms with Crippen LogP contribution in [0.5, 0.6) is 0 Å². The van der Waals surface area contributed by atoms with E-state index < -0.39 is 0 Å². The number of aromatic nitrogens is 3. The van der Waals surface area contributed by atoms with Crippen LogP contribution in [0.1, 0.15) is 25.3 Å². The summed E-state index contributed by atoms with van der Waals surface area (Å²) in [5.74, 6) is 0. The van der Waals surface area contributed by atoms with Gasteiger partial charge < -0.3 is 15.4 Å². The maximum Gasteiger partial charge on any atom is 0.319 e. The van der Waals surface area contributed by atoms with Crippen molar-refractivity contribution in [3.63, 3.8) is 0 Å². The Hall–Kier alpha value is -2.41. The minimum absolute atomic E-state index is 0.134. The molecule has 7 heteroatoms. The third-order valence-corrected chi connectivity index (χ3v) is 3.95. The number of carbonyl (C=O) groups excluding carboxylic acids is 1. The Bertz CT molecular complexity index is 650. The highest BCUT2D eigenvalue weighted by molar-refractivity contribution is 5.90. The van der Waals surface area contributed by atoms with Gasteiger partial charge in [-0.2, -0.15) is 0 Å². The zero-order valence-electron chi connectivity index (χ0n) is 13.2. The predicted molar refractivity (Wildman–Crippen MR) is 86.7 cm³/mol. The summed E-state index contributed by atoms with van der Waals surface area (Å²) in [7, 11) is 0. The second kappa shape index (κ2) is 7.23. The monoisotopic (exact) mass is 315 g/mol. The van der Waals surface area contributed by atoms with Crippen molar-refractivity contribution in [3.8, 4) is 5.69 Å². The molecule has 122 valence electrons. The Labute approximate surface area is 135 Å². The molecule has 2 N–H and O–H groups in total. The molecule has 2 amide bonds. The molecule has 1 fully saturated rings. The first-order valence-electron chi connectivity index (χ1n) is 7.90. The Balaban J connectivity index is 1.67. The first-order chi connectivity index (χ1) is 11.3. The maximum atomic E-state index is 12.1. The van der Waals surface area contributed by atoms with E-state index in [4.69, 9.17) is 4.74 Å². The van der Waals surface area contributed by atoms with Gasteiger partial charge in [-0.05, 0) is 37.0 Å². The maximum absolute atomic E-state index is 12.1. The summed E-state index contributed by atoms with van der Waals surface area (Å²) in [6.45, 7) is 3.39. The summed E-state index contributed by atoms with van der Waals surface area (Å²) in [5, 5.41) is 13.4. The minimum atomic E-state index is -0.212. The van der Waals surface area contributed by atoms with Crippen LogP contribution in [-0.2, 0) is 11.2 Å². The van der Waals surface area contributed by atoms with Gasteiger partial charge in [-0.1, -0.05) is 13.0 Å². The average molecular weight is 315 g/mol. The van der Waals surface area contributed by atoms with Crippen molar-refractivity contribution in [1.82, 2.24) is 20.1 Å². The minimum Gasteiger partial charge on any atom is -0.376 e. The van der Waals surface area contributed by atoms with Crippen molar-refractivity contribution in [2.45, 2.75) is 32.3 Å². The largest absolute Gasteiger partial charge is 0.376 e. The second-order valence-corrected chi connectivity index (χ2v) is 5.53. The van der Waals surface area contributed by atoms with E-state index >= 15 is 0 Å². The van der Waals surface area contributed by atoms with E-state index in [9.17, 15) is 4.79 Å². The molecule has 2 aromatic rings. The summed E-state index contributed by atoms with van der Waals surface area (Å²) in [6, 6.07) is 5.70. The number of hydrogen-bond donors (Lipinski definition) is 2. The van der Waals surface area contributed by atoms with Crippen LogP contribution in [-0.4, -0.2) is 40.1 Å². The van der Waals surface area contributed by atoms with Crippen LogP contribution in [0.4, 0.5) is 10.5 Å². The van der Waals surface area contributed by atoms with Crippen LogP contribution in [0.15, 0.2) is 30.9 Å². The zero-order chi connectivity index (χ0) is 16.1. The van der Waals surface area contributed by atoms with Crippen LogP contribution in [0, 0.1) is 0 Å². The van der Waals surface area contributed by atoms with Crippen molar-refractivity contribution < 1.29 is 9.53 Å². The molecule has 0 radical (unpaired) electrons. The van der Waals surface area contributed by atoms with E-state index in [0.717, 1.165) is 42.8 Å². The Morgan fingerprint density at radius 3 is 2.91 bits per heavy atom. The molecule has 23 heavy (non-hydrogen) atoms. The molecule has 3 rings (SSSR count). The smallest absolute Gasteiger partial charge is 0.319 e. The molecule has 7 nitrogen and oxygen atoms in total. The number of nitrogens with one attached hydrogen (secondary N) is 2. The normalized spacial score (nSPS) is 17.2. The van der Waals surface area contributed by atoms with Crippen molar-refractivity contribution >= 4 is 11.7 Å². The number of carbonyl (C=O) groups is 1. The lowest BCUT2D eigenvalue weighted by molar-refractivity contribution is 0.112. The number of nitrogens with zero attached hydrogens (tertiary/aromatic N) is 3. The Morgan fingerprint density at radius 1 is 1.39 bits per heavy atom. The van der Waals surface area contributed by atoms with Crippen molar-refractivity contribution in [1.29, 1.82) is 0 Å². The van der Waals surface area contributed by atoms with Crippen molar-refractivity contribution in [2.24, 2.45) is 0 Å². The molecule has 0 aliphatic carbocycles. The van der Waals surface area contributed by atoms with Crippen molar-refractivity contribution in [3.05, 3.63) is 36.4 Å². The van der Waals surface area contributed by atoms with Crippen molar-refractivity contribution in [2.75, 3.05) is 18.5 Å². The molecule has 0 unspecified atom stereocenters. The highest BCUT2D eigenvalue weighted by Gasteiger charge is 2.16. The van der Waals surface area contributed by atoms with E-state index in [0.29, 0.717) is 6.54 Å². The van der Waals surface area contributed by atoms with E-state index in [1.807, 2.05) is 18.2 Å². The quantitative estimate of drug-likeness (QED) is 0.885. The fraction of sp³-hybridized carbons (Fsp3) is 0.438. The van der Waals surface area contributed by atoms with E-state index in [1.165, 1.54) is 0 Å². The summed E-state index contributed by atoms with van der Waals surface area (Å²) >= 11 is 0. The number of urea groups is 1.